The molecule has 7 N–H and O–H groups in total. The number of hydrazine groups is 1. The predicted octanol–water partition coefficient (Wildman–Crippen LogP) is 0.0377. The van der Waals surface area contributed by atoms with Crippen molar-refractivity contribution in [1.82, 2.24) is 25.4 Å². The predicted molar refractivity (Wildman–Crippen MR) is 72.4 cm³/mol. The highest BCUT2D eigenvalue weighted by atomic mass is 15.2. The molecule has 1 aliphatic carbocycles. The van der Waals surface area contributed by atoms with Crippen LogP contribution in [0.15, 0.2) is 12.5 Å². The van der Waals surface area contributed by atoms with Gasteiger partial charge in [-0.15, -0.1) is 0 Å². The van der Waals surface area contributed by atoms with Gasteiger partial charge in [0.2, 0.25) is 0 Å². The van der Waals surface area contributed by atoms with E-state index in [1.165, 1.54) is 12.6 Å². The highest BCUT2D eigenvalue weighted by molar-refractivity contribution is 5.84. The van der Waals surface area contributed by atoms with E-state index in [9.17, 15) is 0 Å². The fraction of sp³-hybridized carbons (Fsp3) is 0.364. The van der Waals surface area contributed by atoms with E-state index in [0.29, 0.717) is 29.0 Å². The Kier molecular flexibility index (Phi) is 2.92. The van der Waals surface area contributed by atoms with Gasteiger partial charge in [0.1, 0.15) is 5.52 Å². The summed E-state index contributed by atoms with van der Waals surface area (Å²) in [5.74, 6) is 6.33. The molecule has 0 atom stereocenters. The normalized spacial score (nSPS) is 16.4. The number of aromatic amines is 1. The fourth-order valence-corrected chi connectivity index (χ4v) is 1.97. The molecule has 0 unspecified atom stereocenters. The molecule has 0 aliphatic heterocycles. The van der Waals surface area contributed by atoms with Crippen LogP contribution in [0.5, 0.6) is 0 Å². The maximum absolute atomic E-state index is 5.84. The van der Waals surface area contributed by atoms with Gasteiger partial charge in [-0.05, 0) is 19.3 Å². The third kappa shape index (κ3) is 2.17. The molecule has 2 aromatic rings. The SMILES string of the molecule is NN/C=C(\N)c1nc(NC2CCC2)c2nc[nH]c2n1. The highest BCUT2D eigenvalue weighted by Crippen LogP contribution is 2.25. The van der Waals surface area contributed by atoms with Crippen LogP contribution in [-0.2, 0) is 0 Å². The van der Waals surface area contributed by atoms with Crippen molar-refractivity contribution in [2.24, 2.45) is 11.6 Å². The van der Waals surface area contributed by atoms with Crippen LogP contribution in [0, 0.1) is 0 Å². The molecule has 0 bridgehead atoms. The van der Waals surface area contributed by atoms with Gasteiger partial charge in [0.15, 0.2) is 17.3 Å². The van der Waals surface area contributed by atoms with E-state index in [-0.39, 0.29) is 0 Å². The van der Waals surface area contributed by atoms with Crippen LogP contribution in [0.1, 0.15) is 25.1 Å². The van der Waals surface area contributed by atoms with Gasteiger partial charge in [-0.2, -0.15) is 0 Å². The summed E-state index contributed by atoms with van der Waals surface area (Å²) in [6.07, 6.45) is 6.60. The van der Waals surface area contributed by atoms with Crippen molar-refractivity contribution >= 4 is 22.7 Å². The lowest BCUT2D eigenvalue weighted by Crippen LogP contribution is -2.28. The summed E-state index contributed by atoms with van der Waals surface area (Å²) >= 11 is 0. The van der Waals surface area contributed by atoms with Crippen LogP contribution < -0.4 is 22.3 Å². The van der Waals surface area contributed by atoms with Gasteiger partial charge < -0.3 is 21.5 Å². The number of nitrogens with two attached hydrogens (primary N) is 2. The zero-order valence-electron chi connectivity index (χ0n) is 10.3. The molecule has 0 saturated heterocycles. The maximum Gasteiger partial charge on any atom is 0.181 e. The van der Waals surface area contributed by atoms with E-state index < -0.39 is 0 Å². The Balaban J connectivity index is 2.02. The number of imidazole rings is 1. The lowest BCUT2D eigenvalue weighted by atomic mass is 9.93. The molecular weight excluding hydrogens is 244 g/mol. The Morgan fingerprint density at radius 1 is 1.42 bits per heavy atom. The molecule has 3 rings (SSSR count). The minimum absolute atomic E-state index is 0.371. The third-order valence-corrected chi connectivity index (χ3v) is 3.22. The molecule has 0 radical (unpaired) electrons. The molecule has 8 heteroatoms. The van der Waals surface area contributed by atoms with Gasteiger partial charge in [0, 0.05) is 12.2 Å². The molecule has 1 aliphatic rings. The van der Waals surface area contributed by atoms with Crippen LogP contribution in [0.25, 0.3) is 16.9 Å². The summed E-state index contributed by atoms with van der Waals surface area (Å²) < 4.78 is 0. The number of anilines is 1. The number of rotatable bonds is 4. The van der Waals surface area contributed by atoms with E-state index in [4.69, 9.17) is 11.6 Å². The smallest absolute Gasteiger partial charge is 0.181 e. The fourth-order valence-electron chi connectivity index (χ4n) is 1.97. The Bertz CT molecular complexity index is 612. The summed E-state index contributed by atoms with van der Waals surface area (Å²) in [7, 11) is 0. The second-order valence-electron chi connectivity index (χ2n) is 4.53. The number of hydrogen-bond donors (Lipinski definition) is 5. The molecule has 0 amide bonds. The second-order valence-corrected chi connectivity index (χ2v) is 4.53. The zero-order valence-corrected chi connectivity index (χ0v) is 10.3. The Labute approximate surface area is 109 Å². The van der Waals surface area contributed by atoms with E-state index in [1.54, 1.807) is 6.33 Å². The first-order valence-corrected chi connectivity index (χ1v) is 6.17. The lowest BCUT2D eigenvalue weighted by molar-refractivity contribution is 0.444. The van der Waals surface area contributed by atoms with Crippen LogP contribution in [0.2, 0.25) is 0 Å². The van der Waals surface area contributed by atoms with Gasteiger partial charge in [-0.3, -0.25) is 5.84 Å². The van der Waals surface area contributed by atoms with Crippen LogP contribution in [-0.4, -0.2) is 26.0 Å². The molecule has 8 nitrogen and oxygen atoms in total. The van der Waals surface area contributed by atoms with Crippen molar-refractivity contribution in [3.8, 4) is 0 Å². The van der Waals surface area contributed by atoms with Crippen molar-refractivity contribution in [3.05, 3.63) is 18.4 Å². The van der Waals surface area contributed by atoms with E-state index in [2.05, 4.69) is 30.7 Å². The number of aromatic nitrogens is 4. The largest absolute Gasteiger partial charge is 0.394 e. The quantitative estimate of drug-likeness (QED) is 0.387. The number of fused-ring (bicyclic) bond motifs is 1. The van der Waals surface area contributed by atoms with Gasteiger partial charge in [-0.25, -0.2) is 15.0 Å². The first-order chi connectivity index (χ1) is 9.28. The molecule has 19 heavy (non-hydrogen) atoms. The summed E-state index contributed by atoms with van der Waals surface area (Å²) in [5, 5.41) is 3.38. The van der Waals surface area contributed by atoms with E-state index in [0.717, 1.165) is 18.4 Å². The van der Waals surface area contributed by atoms with Gasteiger partial charge in [0.05, 0.1) is 12.0 Å². The number of hydrogen-bond acceptors (Lipinski definition) is 7. The minimum Gasteiger partial charge on any atom is -0.394 e. The van der Waals surface area contributed by atoms with Crippen molar-refractivity contribution in [1.29, 1.82) is 0 Å². The first-order valence-electron chi connectivity index (χ1n) is 6.17. The van der Waals surface area contributed by atoms with Crippen LogP contribution >= 0.6 is 0 Å². The Hall–Kier alpha value is -2.35. The maximum atomic E-state index is 5.84. The summed E-state index contributed by atoms with van der Waals surface area (Å²) in [6.45, 7) is 0. The summed E-state index contributed by atoms with van der Waals surface area (Å²) in [4.78, 5) is 15.9. The minimum atomic E-state index is 0.371. The topological polar surface area (TPSA) is 131 Å². The molecule has 0 aromatic carbocycles. The van der Waals surface area contributed by atoms with Gasteiger partial charge in [-0.1, -0.05) is 0 Å². The molecule has 2 heterocycles. The third-order valence-electron chi connectivity index (χ3n) is 3.22. The average Bonchev–Trinajstić information content (AvgIpc) is 2.81. The molecule has 0 spiro atoms. The number of nitrogens with zero attached hydrogens (tertiary/aromatic N) is 3. The molecule has 100 valence electrons. The zero-order chi connectivity index (χ0) is 13.2. The lowest BCUT2D eigenvalue weighted by Gasteiger charge is -2.27. The molecule has 1 fully saturated rings. The average molecular weight is 260 g/mol. The monoisotopic (exact) mass is 260 g/mol. The number of nitrogens with one attached hydrogen (secondary N) is 3. The Morgan fingerprint density at radius 2 is 2.26 bits per heavy atom. The van der Waals surface area contributed by atoms with Crippen molar-refractivity contribution in [2.45, 2.75) is 25.3 Å². The highest BCUT2D eigenvalue weighted by Gasteiger charge is 2.20. The van der Waals surface area contributed by atoms with E-state index >= 15 is 0 Å². The number of H-pyrrole nitrogens is 1. The molecular formula is C11H16N8. The van der Waals surface area contributed by atoms with E-state index in [1.807, 2.05) is 0 Å². The van der Waals surface area contributed by atoms with Gasteiger partial charge in [0.25, 0.3) is 0 Å². The van der Waals surface area contributed by atoms with Gasteiger partial charge >= 0.3 is 0 Å². The second kappa shape index (κ2) is 4.73. The van der Waals surface area contributed by atoms with Crippen LogP contribution in [0.4, 0.5) is 5.82 Å². The standard InChI is InChI=1S/C11H16N8/c12-7(4-16-13)9-18-10-8(14-5-15-10)11(19-9)17-6-2-1-3-6/h4-6,16H,1-3,12-13H2,(H2,14,15,17,18,19)/b7-4-. The molecule has 1 saturated carbocycles. The van der Waals surface area contributed by atoms with Crippen molar-refractivity contribution in [3.63, 3.8) is 0 Å². The van der Waals surface area contributed by atoms with Crippen molar-refractivity contribution in [2.75, 3.05) is 5.32 Å². The summed E-state index contributed by atoms with van der Waals surface area (Å²) in [5.41, 5.74) is 9.97. The Morgan fingerprint density at radius 3 is 2.95 bits per heavy atom. The van der Waals surface area contributed by atoms with Crippen LogP contribution in [0.3, 0.4) is 0 Å². The van der Waals surface area contributed by atoms with Crippen molar-refractivity contribution < 1.29 is 0 Å². The molecule has 2 aromatic heterocycles. The summed E-state index contributed by atoms with van der Waals surface area (Å²) in [6, 6.07) is 0.459. The first kappa shape index (κ1) is 11.7.